The molecule has 0 aliphatic heterocycles. The lowest BCUT2D eigenvalue weighted by atomic mass is 10.1. The van der Waals surface area contributed by atoms with E-state index in [9.17, 15) is 9.59 Å². The van der Waals surface area contributed by atoms with Crippen LogP contribution in [0.4, 0.5) is 0 Å². The van der Waals surface area contributed by atoms with Crippen molar-refractivity contribution in [3.05, 3.63) is 32.7 Å². The maximum Gasteiger partial charge on any atom is 0.172 e. The van der Waals surface area contributed by atoms with Gasteiger partial charge in [-0.05, 0) is 19.1 Å². The number of carbonyl (C=O) groups excluding carboxylic acids is 2. The Kier molecular flexibility index (Phi) is 4.01. The van der Waals surface area contributed by atoms with Gasteiger partial charge in [0.15, 0.2) is 5.78 Å². The van der Waals surface area contributed by atoms with Gasteiger partial charge in [0.1, 0.15) is 5.78 Å². The summed E-state index contributed by atoms with van der Waals surface area (Å²) in [7, 11) is 0. The number of carbonyl (C=O) groups is 2. The van der Waals surface area contributed by atoms with Crippen LogP contribution in [-0.2, 0) is 4.79 Å². The molecule has 0 fully saturated rings. The van der Waals surface area contributed by atoms with Crippen molar-refractivity contribution >= 4 is 43.4 Å². The van der Waals surface area contributed by atoms with Crippen molar-refractivity contribution in [2.24, 2.45) is 0 Å². The van der Waals surface area contributed by atoms with Crippen molar-refractivity contribution in [1.82, 2.24) is 0 Å². The van der Waals surface area contributed by atoms with Gasteiger partial charge in [0.25, 0.3) is 0 Å². The summed E-state index contributed by atoms with van der Waals surface area (Å²) in [6, 6.07) is 5.37. The molecule has 0 saturated heterocycles. The Morgan fingerprint density at radius 2 is 1.71 bits per heavy atom. The molecule has 74 valence electrons. The van der Waals surface area contributed by atoms with Crippen molar-refractivity contribution in [2.75, 3.05) is 0 Å². The van der Waals surface area contributed by atoms with Gasteiger partial charge in [0.05, 0.1) is 6.42 Å². The Morgan fingerprint density at radius 1 is 1.21 bits per heavy atom. The average Bonchev–Trinajstić information content (AvgIpc) is 2.01. The molecule has 0 unspecified atom stereocenters. The molecule has 1 aromatic rings. The van der Waals surface area contributed by atoms with Crippen LogP contribution in [0.1, 0.15) is 23.7 Å². The molecule has 0 atom stereocenters. The lowest BCUT2D eigenvalue weighted by Gasteiger charge is -2.04. The van der Waals surface area contributed by atoms with Crippen LogP contribution >= 0.6 is 31.9 Å². The summed E-state index contributed by atoms with van der Waals surface area (Å²) in [6.07, 6.45) is -0.0544. The van der Waals surface area contributed by atoms with Gasteiger partial charge in [-0.1, -0.05) is 37.9 Å². The van der Waals surface area contributed by atoms with Gasteiger partial charge in [-0.15, -0.1) is 0 Å². The van der Waals surface area contributed by atoms with Gasteiger partial charge in [-0.2, -0.15) is 0 Å². The zero-order chi connectivity index (χ0) is 10.7. The Bertz CT molecular complexity index is 365. The van der Waals surface area contributed by atoms with Crippen molar-refractivity contribution in [2.45, 2.75) is 13.3 Å². The highest BCUT2D eigenvalue weighted by Crippen LogP contribution is 2.26. The van der Waals surface area contributed by atoms with Gasteiger partial charge in [-0.25, -0.2) is 0 Å². The minimum atomic E-state index is -0.170. The normalized spacial score (nSPS) is 9.93. The van der Waals surface area contributed by atoms with Crippen LogP contribution in [0.5, 0.6) is 0 Å². The lowest BCUT2D eigenvalue weighted by Crippen LogP contribution is -2.06. The van der Waals surface area contributed by atoms with Crippen molar-refractivity contribution in [1.29, 1.82) is 0 Å². The maximum atomic E-state index is 11.6. The molecule has 1 aromatic carbocycles. The molecule has 0 saturated carbocycles. The first-order valence-electron chi connectivity index (χ1n) is 3.99. The molecule has 0 bridgehead atoms. The summed E-state index contributed by atoms with van der Waals surface area (Å²) in [6.45, 7) is 1.41. The van der Waals surface area contributed by atoms with Crippen LogP contribution in [0.3, 0.4) is 0 Å². The predicted octanol–water partition coefficient (Wildman–Crippen LogP) is 3.37. The van der Waals surface area contributed by atoms with Crippen molar-refractivity contribution in [3.63, 3.8) is 0 Å². The van der Waals surface area contributed by atoms with E-state index in [0.717, 1.165) is 0 Å². The fraction of sp³-hybridized carbons (Fsp3) is 0.200. The molecular formula is C10H8Br2O2. The molecule has 14 heavy (non-hydrogen) atoms. The van der Waals surface area contributed by atoms with Gasteiger partial charge in [0, 0.05) is 14.5 Å². The quantitative estimate of drug-likeness (QED) is 0.632. The van der Waals surface area contributed by atoms with Gasteiger partial charge < -0.3 is 0 Å². The first kappa shape index (κ1) is 11.6. The van der Waals surface area contributed by atoms with Crippen LogP contribution in [0.25, 0.3) is 0 Å². The van der Waals surface area contributed by atoms with E-state index >= 15 is 0 Å². The third kappa shape index (κ3) is 2.75. The smallest absolute Gasteiger partial charge is 0.172 e. The summed E-state index contributed by atoms with van der Waals surface area (Å²) in [4.78, 5) is 22.4. The molecule has 0 radical (unpaired) electrons. The molecule has 1 rings (SSSR count). The number of hydrogen-bond acceptors (Lipinski definition) is 2. The monoisotopic (exact) mass is 318 g/mol. The van der Waals surface area contributed by atoms with E-state index in [1.165, 1.54) is 6.92 Å². The zero-order valence-corrected chi connectivity index (χ0v) is 10.7. The van der Waals surface area contributed by atoms with Crippen molar-refractivity contribution < 1.29 is 9.59 Å². The van der Waals surface area contributed by atoms with E-state index in [4.69, 9.17) is 0 Å². The number of Topliss-reactive ketones (excluding diaryl/α,β-unsaturated/α-hetero) is 2. The SMILES string of the molecule is CC(=O)CC(=O)c1c(Br)cccc1Br. The van der Waals surface area contributed by atoms with E-state index in [-0.39, 0.29) is 18.0 Å². The fourth-order valence-electron chi connectivity index (χ4n) is 1.08. The summed E-state index contributed by atoms with van der Waals surface area (Å²) in [5.74, 6) is -0.297. The van der Waals surface area contributed by atoms with Gasteiger partial charge in [0.2, 0.25) is 0 Å². The largest absolute Gasteiger partial charge is 0.300 e. The molecule has 2 nitrogen and oxygen atoms in total. The van der Waals surface area contributed by atoms with Crippen LogP contribution in [0, 0.1) is 0 Å². The third-order valence-electron chi connectivity index (χ3n) is 1.65. The second-order valence-electron chi connectivity index (χ2n) is 2.90. The second-order valence-corrected chi connectivity index (χ2v) is 4.61. The number of hydrogen-bond donors (Lipinski definition) is 0. The summed E-state index contributed by atoms with van der Waals surface area (Å²) >= 11 is 6.55. The van der Waals surface area contributed by atoms with E-state index < -0.39 is 0 Å². The molecular weight excluding hydrogens is 312 g/mol. The lowest BCUT2D eigenvalue weighted by molar-refractivity contribution is -0.116. The Hall–Kier alpha value is -0.480. The summed E-state index contributed by atoms with van der Waals surface area (Å²) in [5, 5.41) is 0. The standard InChI is InChI=1S/C10H8Br2O2/c1-6(13)5-9(14)10-7(11)3-2-4-8(10)12/h2-4H,5H2,1H3. The third-order valence-corrected chi connectivity index (χ3v) is 2.97. The highest BCUT2D eigenvalue weighted by atomic mass is 79.9. The minimum Gasteiger partial charge on any atom is -0.300 e. The number of rotatable bonds is 3. The number of halogens is 2. The van der Waals surface area contributed by atoms with Crippen LogP contribution in [0.15, 0.2) is 27.1 Å². The molecule has 4 heteroatoms. The summed E-state index contributed by atoms with van der Waals surface area (Å²) < 4.78 is 1.41. The van der Waals surface area contributed by atoms with E-state index in [1.54, 1.807) is 12.1 Å². The predicted molar refractivity (Wildman–Crippen MR) is 61.5 cm³/mol. The van der Waals surface area contributed by atoms with Crippen LogP contribution in [-0.4, -0.2) is 11.6 Å². The number of ketones is 2. The Balaban J connectivity index is 3.06. The Labute approximate surface area is 98.9 Å². The fourth-order valence-corrected chi connectivity index (χ4v) is 2.52. The summed E-state index contributed by atoms with van der Waals surface area (Å²) in [5.41, 5.74) is 0.530. The van der Waals surface area contributed by atoms with Crippen LogP contribution in [0.2, 0.25) is 0 Å². The first-order chi connectivity index (χ1) is 6.52. The average molecular weight is 320 g/mol. The van der Waals surface area contributed by atoms with E-state index in [2.05, 4.69) is 31.9 Å². The van der Waals surface area contributed by atoms with E-state index in [1.807, 2.05) is 6.07 Å². The first-order valence-corrected chi connectivity index (χ1v) is 5.57. The molecule has 0 spiro atoms. The van der Waals surface area contributed by atoms with Crippen molar-refractivity contribution in [3.8, 4) is 0 Å². The molecule has 0 heterocycles. The van der Waals surface area contributed by atoms with Gasteiger partial charge >= 0.3 is 0 Å². The molecule has 0 aliphatic rings. The Morgan fingerprint density at radius 3 is 2.14 bits per heavy atom. The number of benzene rings is 1. The molecule has 0 aliphatic carbocycles. The van der Waals surface area contributed by atoms with Gasteiger partial charge in [-0.3, -0.25) is 9.59 Å². The topological polar surface area (TPSA) is 34.1 Å². The van der Waals surface area contributed by atoms with E-state index in [0.29, 0.717) is 14.5 Å². The van der Waals surface area contributed by atoms with Crippen LogP contribution < -0.4 is 0 Å². The molecule has 0 amide bonds. The maximum absolute atomic E-state index is 11.6. The zero-order valence-electron chi connectivity index (χ0n) is 7.51. The minimum absolute atomic E-state index is 0.0544. The molecule has 0 aromatic heterocycles. The molecule has 0 N–H and O–H groups in total. The highest BCUT2D eigenvalue weighted by Gasteiger charge is 2.14. The second kappa shape index (κ2) is 4.84. The highest BCUT2D eigenvalue weighted by molar-refractivity contribution is 9.11.